The molecule has 1 aromatic carbocycles. The molecule has 0 aromatic heterocycles. The minimum atomic E-state index is -0.359. The van der Waals surface area contributed by atoms with Gasteiger partial charge in [0, 0.05) is 31.7 Å². The molecule has 1 aliphatic heterocycles. The lowest BCUT2D eigenvalue weighted by Crippen LogP contribution is -2.51. The van der Waals surface area contributed by atoms with Crippen LogP contribution in [0, 0.1) is 5.82 Å². The van der Waals surface area contributed by atoms with Crippen LogP contribution in [0.2, 0.25) is 0 Å². The van der Waals surface area contributed by atoms with E-state index >= 15 is 0 Å². The molecule has 1 aromatic rings. The molecule has 2 fully saturated rings. The zero-order valence-corrected chi connectivity index (χ0v) is 13.7. The summed E-state index contributed by atoms with van der Waals surface area (Å²) in [6.45, 7) is 1.88. The normalized spacial score (nSPS) is 19.2. The Morgan fingerprint density at radius 3 is 2.12 bits per heavy atom. The van der Waals surface area contributed by atoms with Gasteiger partial charge < -0.3 is 14.5 Å². The molecule has 2 aliphatic rings. The molecule has 0 spiro atoms. The summed E-state index contributed by atoms with van der Waals surface area (Å²) in [5, 5.41) is 0. The molecular formula is C18H23FN2O3. The van der Waals surface area contributed by atoms with Crippen LogP contribution in [0.5, 0.6) is 0 Å². The van der Waals surface area contributed by atoms with Crippen LogP contribution in [0.4, 0.5) is 9.18 Å². The summed E-state index contributed by atoms with van der Waals surface area (Å²) < 4.78 is 18.5. The molecule has 24 heavy (non-hydrogen) atoms. The fourth-order valence-corrected chi connectivity index (χ4v) is 3.27. The van der Waals surface area contributed by atoms with Crippen LogP contribution in [-0.2, 0) is 4.74 Å². The average Bonchev–Trinajstić information content (AvgIpc) is 2.63. The second-order valence-corrected chi connectivity index (χ2v) is 6.43. The standard InChI is InChI=1S/C18H23FN2O3/c19-15-8-6-14(7-9-15)17(22)20-10-12-21(13-11-20)18(23)24-16-4-2-1-3-5-16/h6-9,16H,1-5,10-13H2. The molecule has 0 bridgehead atoms. The molecule has 1 aliphatic carbocycles. The van der Waals surface area contributed by atoms with E-state index in [2.05, 4.69) is 0 Å². The molecule has 2 amide bonds. The fourth-order valence-electron chi connectivity index (χ4n) is 3.27. The Morgan fingerprint density at radius 1 is 0.917 bits per heavy atom. The Hall–Kier alpha value is -2.11. The lowest BCUT2D eigenvalue weighted by Gasteiger charge is -2.35. The minimum absolute atomic E-state index is 0.0464. The highest BCUT2D eigenvalue weighted by atomic mass is 19.1. The first-order valence-corrected chi connectivity index (χ1v) is 8.64. The van der Waals surface area contributed by atoms with E-state index in [4.69, 9.17) is 4.74 Å². The second kappa shape index (κ2) is 7.64. The van der Waals surface area contributed by atoms with Crippen molar-refractivity contribution in [3.8, 4) is 0 Å². The monoisotopic (exact) mass is 334 g/mol. The van der Waals surface area contributed by atoms with Gasteiger partial charge in [-0.25, -0.2) is 9.18 Å². The molecule has 1 saturated heterocycles. The predicted molar refractivity (Wildman–Crippen MR) is 87.2 cm³/mol. The number of benzene rings is 1. The number of piperazine rings is 1. The van der Waals surface area contributed by atoms with Crippen molar-refractivity contribution in [2.45, 2.75) is 38.2 Å². The molecule has 1 heterocycles. The summed E-state index contributed by atoms with van der Waals surface area (Å²) in [6.07, 6.45) is 5.15. The highest BCUT2D eigenvalue weighted by Gasteiger charge is 2.27. The van der Waals surface area contributed by atoms with E-state index in [1.165, 1.54) is 30.7 Å². The Kier molecular flexibility index (Phi) is 5.33. The van der Waals surface area contributed by atoms with E-state index in [1.807, 2.05) is 0 Å². The fraction of sp³-hybridized carbons (Fsp3) is 0.556. The third-order valence-electron chi connectivity index (χ3n) is 4.74. The third-order valence-corrected chi connectivity index (χ3v) is 4.74. The van der Waals surface area contributed by atoms with Crippen molar-refractivity contribution in [2.75, 3.05) is 26.2 Å². The topological polar surface area (TPSA) is 49.9 Å². The number of nitrogens with zero attached hydrogens (tertiary/aromatic N) is 2. The van der Waals surface area contributed by atoms with Gasteiger partial charge in [0.25, 0.3) is 5.91 Å². The van der Waals surface area contributed by atoms with E-state index < -0.39 is 0 Å². The van der Waals surface area contributed by atoms with Crippen molar-refractivity contribution in [1.82, 2.24) is 9.80 Å². The summed E-state index contributed by atoms with van der Waals surface area (Å²) in [5.41, 5.74) is 0.467. The zero-order chi connectivity index (χ0) is 16.9. The van der Waals surface area contributed by atoms with Gasteiger partial charge in [-0.2, -0.15) is 0 Å². The van der Waals surface area contributed by atoms with Crippen LogP contribution >= 0.6 is 0 Å². The first-order valence-electron chi connectivity index (χ1n) is 8.64. The molecule has 0 atom stereocenters. The Bertz CT molecular complexity index is 576. The second-order valence-electron chi connectivity index (χ2n) is 6.43. The lowest BCUT2D eigenvalue weighted by molar-refractivity contribution is 0.0306. The minimum Gasteiger partial charge on any atom is -0.446 e. The van der Waals surface area contributed by atoms with Crippen molar-refractivity contribution in [3.63, 3.8) is 0 Å². The molecule has 0 unspecified atom stereocenters. The van der Waals surface area contributed by atoms with Crippen LogP contribution in [0.25, 0.3) is 0 Å². The smallest absolute Gasteiger partial charge is 0.410 e. The van der Waals surface area contributed by atoms with E-state index in [1.54, 1.807) is 9.80 Å². The summed E-state index contributed by atoms with van der Waals surface area (Å²) in [7, 11) is 0. The lowest BCUT2D eigenvalue weighted by atomic mass is 9.98. The Morgan fingerprint density at radius 2 is 1.50 bits per heavy atom. The molecule has 0 N–H and O–H groups in total. The quantitative estimate of drug-likeness (QED) is 0.835. The van der Waals surface area contributed by atoms with Gasteiger partial charge in [0.2, 0.25) is 0 Å². The van der Waals surface area contributed by atoms with Crippen LogP contribution in [-0.4, -0.2) is 54.1 Å². The molecular weight excluding hydrogens is 311 g/mol. The molecule has 1 saturated carbocycles. The largest absolute Gasteiger partial charge is 0.446 e. The van der Waals surface area contributed by atoms with Gasteiger partial charge in [-0.3, -0.25) is 4.79 Å². The maximum atomic E-state index is 12.9. The van der Waals surface area contributed by atoms with Crippen molar-refractivity contribution >= 4 is 12.0 Å². The van der Waals surface area contributed by atoms with E-state index in [9.17, 15) is 14.0 Å². The SMILES string of the molecule is O=C(OC1CCCCC1)N1CCN(C(=O)c2ccc(F)cc2)CC1. The highest BCUT2D eigenvalue weighted by molar-refractivity contribution is 5.94. The van der Waals surface area contributed by atoms with Gasteiger partial charge in [-0.15, -0.1) is 0 Å². The zero-order valence-electron chi connectivity index (χ0n) is 13.7. The summed E-state index contributed by atoms with van der Waals surface area (Å²) in [6, 6.07) is 5.54. The molecule has 3 rings (SSSR count). The van der Waals surface area contributed by atoms with Gasteiger partial charge in [0.05, 0.1) is 0 Å². The van der Waals surface area contributed by atoms with Crippen LogP contribution in [0.1, 0.15) is 42.5 Å². The van der Waals surface area contributed by atoms with Gasteiger partial charge in [0.15, 0.2) is 0 Å². The number of ether oxygens (including phenoxy) is 1. The number of halogens is 1. The number of hydrogen-bond donors (Lipinski definition) is 0. The van der Waals surface area contributed by atoms with Crippen LogP contribution in [0.15, 0.2) is 24.3 Å². The highest BCUT2D eigenvalue weighted by Crippen LogP contribution is 2.21. The van der Waals surface area contributed by atoms with Crippen molar-refractivity contribution in [1.29, 1.82) is 0 Å². The van der Waals surface area contributed by atoms with Crippen LogP contribution in [0.3, 0.4) is 0 Å². The molecule has 130 valence electrons. The number of amides is 2. The van der Waals surface area contributed by atoms with E-state index in [0.717, 1.165) is 25.7 Å². The first-order chi connectivity index (χ1) is 11.6. The molecule has 6 heteroatoms. The average molecular weight is 334 g/mol. The number of carbonyl (C=O) groups is 2. The van der Waals surface area contributed by atoms with E-state index in [0.29, 0.717) is 31.7 Å². The summed E-state index contributed by atoms with van der Waals surface area (Å²) in [4.78, 5) is 27.9. The first kappa shape index (κ1) is 16.7. The van der Waals surface area contributed by atoms with Crippen molar-refractivity contribution in [3.05, 3.63) is 35.6 Å². The van der Waals surface area contributed by atoms with Gasteiger partial charge in [-0.05, 0) is 49.9 Å². The number of rotatable bonds is 2. The third kappa shape index (κ3) is 4.04. The summed E-state index contributed by atoms with van der Waals surface area (Å²) in [5.74, 6) is -0.489. The van der Waals surface area contributed by atoms with E-state index in [-0.39, 0.29) is 23.9 Å². The Balaban J connectivity index is 1.48. The van der Waals surface area contributed by atoms with Gasteiger partial charge in [0.1, 0.15) is 11.9 Å². The maximum absolute atomic E-state index is 12.9. The van der Waals surface area contributed by atoms with Crippen molar-refractivity contribution in [2.24, 2.45) is 0 Å². The van der Waals surface area contributed by atoms with Crippen molar-refractivity contribution < 1.29 is 18.7 Å². The Labute approximate surface area is 141 Å². The summed E-state index contributed by atoms with van der Waals surface area (Å²) >= 11 is 0. The predicted octanol–water partition coefficient (Wildman–Crippen LogP) is 3.05. The van der Waals surface area contributed by atoms with Gasteiger partial charge in [-0.1, -0.05) is 6.42 Å². The molecule has 5 nitrogen and oxygen atoms in total. The van der Waals surface area contributed by atoms with Crippen LogP contribution < -0.4 is 0 Å². The maximum Gasteiger partial charge on any atom is 0.410 e. The number of hydrogen-bond acceptors (Lipinski definition) is 3. The van der Waals surface area contributed by atoms with Gasteiger partial charge >= 0.3 is 6.09 Å². The number of carbonyl (C=O) groups excluding carboxylic acids is 2. The molecule has 0 radical (unpaired) electrons.